The van der Waals surface area contributed by atoms with Gasteiger partial charge in [0.2, 0.25) is 0 Å². The first-order valence-corrected chi connectivity index (χ1v) is 13.8. The molecular formula is C28H30IN5O8. The minimum Gasteiger partial charge on any atom is -0.493 e. The van der Waals surface area contributed by atoms with Gasteiger partial charge in [-0.25, -0.2) is 15.0 Å². The van der Waals surface area contributed by atoms with E-state index in [1.165, 1.54) is 13.3 Å². The summed E-state index contributed by atoms with van der Waals surface area (Å²) in [6.45, 7) is 5.23. The van der Waals surface area contributed by atoms with Crippen LogP contribution >= 0.6 is 22.6 Å². The molecule has 3 rings (SSSR count). The first kappa shape index (κ1) is 32.0. The number of halogens is 1. The van der Waals surface area contributed by atoms with Crippen molar-refractivity contribution in [1.82, 2.24) is 16.1 Å². The molecule has 42 heavy (non-hydrogen) atoms. The zero-order valence-corrected chi connectivity index (χ0v) is 25.6. The quantitative estimate of drug-likeness (QED) is 0.124. The first-order valence-electron chi connectivity index (χ1n) is 12.8. The van der Waals surface area contributed by atoms with Gasteiger partial charge in [0.25, 0.3) is 5.91 Å². The molecule has 0 bridgehead atoms. The molecule has 1 atom stereocenters. The van der Waals surface area contributed by atoms with Gasteiger partial charge in [-0.05, 0) is 78.8 Å². The predicted molar refractivity (Wildman–Crippen MR) is 159 cm³/mol. The average molecular weight is 691 g/mol. The van der Waals surface area contributed by atoms with Gasteiger partial charge in [0, 0.05) is 5.70 Å². The highest BCUT2D eigenvalue weighted by Gasteiger charge is 2.32. The number of urea groups is 1. The lowest BCUT2D eigenvalue weighted by molar-refractivity contribution is -0.139. The molecule has 0 radical (unpaired) electrons. The molecule has 13 nitrogen and oxygen atoms in total. The van der Waals surface area contributed by atoms with Gasteiger partial charge < -0.3 is 34.3 Å². The maximum absolute atomic E-state index is 12.6. The van der Waals surface area contributed by atoms with Crippen LogP contribution < -0.4 is 35.0 Å². The fourth-order valence-electron chi connectivity index (χ4n) is 3.93. The Morgan fingerprint density at radius 1 is 1.12 bits per heavy atom. The van der Waals surface area contributed by atoms with E-state index in [2.05, 4.69) is 43.8 Å². The SMILES string of the molecule is CCOC(=O)C1=C(C)NC(=O)N[C@@H]1c1ccc(OCC(=O)N/N=C\c2cc(I)c(OCC#N)c(OCC)c2)c(OC)c1. The van der Waals surface area contributed by atoms with E-state index in [4.69, 9.17) is 28.9 Å². The van der Waals surface area contributed by atoms with Gasteiger partial charge in [0.05, 0.1) is 41.7 Å². The molecule has 0 aromatic heterocycles. The van der Waals surface area contributed by atoms with Gasteiger partial charge in [-0.1, -0.05) is 6.07 Å². The summed E-state index contributed by atoms with van der Waals surface area (Å²) in [6, 6.07) is 8.97. The third-order valence-corrected chi connectivity index (χ3v) is 6.46. The molecule has 0 spiro atoms. The van der Waals surface area contributed by atoms with Gasteiger partial charge in [-0.3, -0.25) is 4.79 Å². The number of carbonyl (C=O) groups excluding carboxylic acids is 3. The van der Waals surface area contributed by atoms with Crippen LogP contribution in [0.3, 0.4) is 0 Å². The van der Waals surface area contributed by atoms with Gasteiger partial charge in [0.15, 0.2) is 36.2 Å². The molecule has 1 aliphatic rings. The summed E-state index contributed by atoms with van der Waals surface area (Å²) in [4.78, 5) is 37.1. The van der Waals surface area contributed by atoms with Crippen LogP contribution in [0.2, 0.25) is 0 Å². The minimum atomic E-state index is -0.781. The standard InChI is InChI=1S/C28H30IN5O8/c1-5-39-22-12-17(11-19(29)26(22)41-10-9-30)14-31-34-23(35)15-42-20-8-7-18(13-21(20)38-4)25-24(27(36)40-6-2)16(3)32-28(37)33-25/h7-8,11-14,25H,5-6,10,15H2,1-4H3,(H,34,35)(H2,32,33,37)/b31-14-/t25-/m1/s1. The van der Waals surface area contributed by atoms with Crippen molar-refractivity contribution in [2.45, 2.75) is 26.8 Å². The van der Waals surface area contributed by atoms with Gasteiger partial charge in [0.1, 0.15) is 6.07 Å². The number of hydrogen-bond acceptors (Lipinski definition) is 10. The third-order valence-electron chi connectivity index (χ3n) is 5.66. The van der Waals surface area contributed by atoms with Crippen molar-refractivity contribution in [1.29, 1.82) is 5.26 Å². The van der Waals surface area contributed by atoms with E-state index >= 15 is 0 Å². The fourth-order valence-corrected chi connectivity index (χ4v) is 4.71. The van der Waals surface area contributed by atoms with Crippen LogP contribution in [0.1, 0.15) is 37.9 Å². The Morgan fingerprint density at radius 2 is 1.90 bits per heavy atom. The molecule has 0 fully saturated rings. The van der Waals surface area contributed by atoms with Crippen LogP contribution in [0, 0.1) is 14.9 Å². The molecule has 3 amide bonds. The second-order valence-electron chi connectivity index (χ2n) is 8.49. The highest BCUT2D eigenvalue weighted by atomic mass is 127. The Morgan fingerprint density at radius 3 is 2.60 bits per heavy atom. The normalized spacial score (nSPS) is 14.4. The van der Waals surface area contributed by atoms with Crippen molar-refractivity contribution in [2.75, 3.05) is 33.5 Å². The summed E-state index contributed by atoms with van der Waals surface area (Å²) >= 11 is 2.06. The molecule has 14 heteroatoms. The fraction of sp³-hybridized carbons (Fsp3) is 0.321. The lowest BCUT2D eigenvalue weighted by atomic mass is 9.95. The number of ether oxygens (including phenoxy) is 5. The summed E-state index contributed by atoms with van der Waals surface area (Å²) < 4.78 is 28.0. The van der Waals surface area contributed by atoms with Crippen LogP contribution in [-0.4, -0.2) is 57.7 Å². The number of nitrogens with one attached hydrogen (secondary N) is 3. The Hall–Kier alpha value is -4.52. The summed E-state index contributed by atoms with van der Waals surface area (Å²) in [7, 11) is 1.43. The van der Waals surface area contributed by atoms with Crippen molar-refractivity contribution in [3.63, 3.8) is 0 Å². The largest absolute Gasteiger partial charge is 0.493 e. The number of methoxy groups -OCH3 is 1. The molecule has 2 aromatic rings. The van der Waals surface area contributed by atoms with Crippen LogP contribution in [0.4, 0.5) is 4.79 Å². The molecule has 1 aliphatic heterocycles. The van der Waals surface area contributed by atoms with Gasteiger partial charge >= 0.3 is 12.0 Å². The molecule has 1 heterocycles. The highest BCUT2D eigenvalue weighted by Crippen LogP contribution is 2.35. The predicted octanol–water partition coefficient (Wildman–Crippen LogP) is 3.32. The summed E-state index contributed by atoms with van der Waals surface area (Å²) in [5.74, 6) is 0.378. The zero-order chi connectivity index (χ0) is 30.6. The molecular weight excluding hydrogens is 661 g/mol. The molecule has 0 unspecified atom stereocenters. The molecule has 2 aromatic carbocycles. The van der Waals surface area contributed by atoms with Crippen LogP contribution in [0.5, 0.6) is 23.0 Å². The lowest BCUT2D eigenvalue weighted by Gasteiger charge is -2.28. The van der Waals surface area contributed by atoms with Crippen LogP contribution in [-0.2, 0) is 14.3 Å². The Bertz CT molecular complexity index is 1440. The van der Waals surface area contributed by atoms with Crippen molar-refractivity contribution < 1.29 is 38.1 Å². The number of hydrogen-bond donors (Lipinski definition) is 3. The minimum absolute atomic E-state index is 0.118. The smallest absolute Gasteiger partial charge is 0.338 e. The number of esters is 1. The average Bonchev–Trinajstić information content (AvgIpc) is 2.95. The summed E-state index contributed by atoms with van der Waals surface area (Å²) in [5, 5.41) is 18.1. The summed E-state index contributed by atoms with van der Waals surface area (Å²) in [5.41, 5.74) is 4.23. The number of rotatable bonds is 13. The van der Waals surface area contributed by atoms with E-state index in [-0.39, 0.29) is 36.9 Å². The maximum atomic E-state index is 12.6. The Kier molecular flexibility index (Phi) is 11.8. The second kappa shape index (κ2) is 15.5. The maximum Gasteiger partial charge on any atom is 0.338 e. The lowest BCUT2D eigenvalue weighted by Crippen LogP contribution is -2.45. The monoisotopic (exact) mass is 691 g/mol. The van der Waals surface area contributed by atoms with Crippen molar-refractivity contribution in [3.8, 4) is 29.1 Å². The number of nitrogens with zero attached hydrogens (tertiary/aromatic N) is 2. The number of amides is 3. The van der Waals surface area contributed by atoms with Gasteiger partial charge in [-0.2, -0.15) is 10.4 Å². The highest BCUT2D eigenvalue weighted by molar-refractivity contribution is 14.1. The molecule has 0 saturated carbocycles. The van der Waals surface area contributed by atoms with E-state index < -0.39 is 23.9 Å². The van der Waals surface area contributed by atoms with Crippen molar-refractivity contribution in [3.05, 3.63) is 56.3 Å². The summed E-state index contributed by atoms with van der Waals surface area (Å²) in [6.07, 6.45) is 1.44. The Balaban J connectivity index is 1.68. The molecule has 3 N–H and O–H groups in total. The second-order valence-corrected chi connectivity index (χ2v) is 9.65. The number of allylic oxidation sites excluding steroid dienone is 1. The topological polar surface area (TPSA) is 170 Å². The van der Waals surface area contributed by atoms with E-state index in [0.29, 0.717) is 38.5 Å². The number of nitriles is 1. The number of carbonyl (C=O) groups is 3. The molecule has 222 valence electrons. The zero-order valence-electron chi connectivity index (χ0n) is 23.4. The Labute approximate surface area is 256 Å². The van der Waals surface area contributed by atoms with Gasteiger partial charge in [-0.15, -0.1) is 0 Å². The van der Waals surface area contributed by atoms with Crippen molar-refractivity contribution >= 4 is 46.7 Å². The molecule has 0 aliphatic carbocycles. The van der Waals surface area contributed by atoms with Crippen LogP contribution in [0.15, 0.2) is 46.7 Å². The van der Waals surface area contributed by atoms with Crippen molar-refractivity contribution in [2.24, 2.45) is 5.10 Å². The first-order chi connectivity index (χ1) is 20.2. The van der Waals surface area contributed by atoms with E-state index in [1.807, 2.05) is 13.0 Å². The molecule has 0 saturated heterocycles. The third kappa shape index (κ3) is 8.26. The van der Waals surface area contributed by atoms with E-state index in [1.54, 1.807) is 44.2 Å². The number of hydrazone groups is 1. The van der Waals surface area contributed by atoms with E-state index in [9.17, 15) is 14.4 Å². The van der Waals surface area contributed by atoms with Crippen LogP contribution in [0.25, 0.3) is 0 Å². The number of benzene rings is 2. The van der Waals surface area contributed by atoms with E-state index in [0.717, 1.165) is 0 Å².